The molecule has 0 bridgehead atoms. The summed E-state index contributed by atoms with van der Waals surface area (Å²) in [5.74, 6) is -1.40. The average Bonchev–Trinajstić information content (AvgIpc) is 2.64. The number of carboxylic acid groups (broad SMARTS) is 1. The van der Waals surface area contributed by atoms with E-state index in [0.717, 1.165) is 17.8 Å². The zero-order valence-electron chi connectivity index (χ0n) is 11.2. The zero-order valence-corrected chi connectivity index (χ0v) is 11.2. The quantitative estimate of drug-likeness (QED) is 0.928. The smallest absolute Gasteiger partial charge is 0.416 e. The Morgan fingerprint density at radius 3 is 2.70 bits per heavy atom. The van der Waals surface area contributed by atoms with E-state index < -0.39 is 23.6 Å². The molecule has 3 nitrogen and oxygen atoms in total. The summed E-state index contributed by atoms with van der Waals surface area (Å²) < 4.78 is 38.0. The number of aliphatic carboxylic acids is 1. The summed E-state index contributed by atoms with van der Waals surface area (Å²) >= 11 is 0. The first-order valence-corrected chi connectivity index (χ1v) is 6.36. The molecule has 0 saturated carbocycles. The second-order valence-electron chi connectivity index (χ2n) is 5.29. The van der Waals surface area contributed by atoms with Crippen LogP contribution in [0.1, 0.15) is 24.5 Å². The van der Waals surface area contributed by atoms with Crippen molar-refractivity contribution < 1.29 is 23.1 Å². The number of alkyl halides is 3. The minimum Gasteiger partial charge on any atom is -0.481 e. The van der Waals surface area contributed by atoms with Gasteiger partial charge in [0, 0.05) is 18.8 Å². The van der Waals surface area contributed by atoms with Gasteiger partial charge in [-0.3, -0.25) is 4.79 Å². The summed E-state index contributed by atoms with van der Waals surface area (Å²) in [6, 6.07) is 3.62. The minimum absolute atomic E-state index is 0.0698. The lowest BCUT2D eigenvalue weighted by atomic mass is 9.98. The highest BCUT2D eigenvalue weighted by atomic mass is 19.4. The molecule has 0 aliphatic carbocycles. The molecule has 110 valence electrons. The lowest BCUT2D eigenvalue weighted by molar-refractivity contribution is -0.141. The summed E-state index contributed by atoms with van der Waals surface area (Å²) in [7, 11) is 1.79. The number of anilines is 1. The number of hydrogen-bond donors (Lipinski definition) is 1. The van der Waals surface area contributed by atoms with Crippen LogP contribution in [0, 0.1) is 5.92 Å². The van der Waals surface area contributed by atoms with Crippen LogP contribution < -0.4 is 4.90 Å². The summed E-state index contributed by atoms with van der Waals surface area (Å²) in [6.07, 6.45) is -3.48. The van der Waals surface area contributed by atoms with Crippen molar-refractivity contribution in [3.63, 3.8) is 0 Å². The Morgan fingerprint density at radius 1 is 1.50 bits per heavy atom. The molecule has 1 aliphatic rings. The second kappa shape index (κ2) is 5.00. The third-order valence-corrected chi connectivity index (χ3v) is 3.84. The van der Waals surface area contributed by atoms with Crippen LogP contribution in [0.3, 0.4) is 0 Å². The van der Waals surface area contributed by atoms with Crippen LogP contribution in [0.2, 0.25) is 0 Å². The molecule has 0 aromatic heterocycles. The van der Waals surface area contributed by atoms with E-state index in [0.29, 0.717) is 18.4 Å². The summed E-state index contributed by atoms with van der Waals surface area (Å²) in [5.41, 5.74) is 0.724. The van der Waals surface area contributed by atoms with Crippen molar-refractivity contribution >= 4 is 11.7 Å². The Hall–Kier alpha value is -1.72. The van der Waals surface area contributed by atoms with Crippen molar-refractivity contribution in [1.82, 2.24) is 0 Å². The highest BCUT2D eigenvalue weighted by Crippen LogP contribution is 2.38. The van der Waals surface area contributed by atoms with Gasteiger partial charge < -0.3 is 10.0 Å². The molecule has 6 heteroatoms. The molecule has 1 aromatic rings. The molecular formula is C14H16F3NO2. The van der Waals surface area contributed by atoms with E-state index in [4.69, 9.17) is 5.11 Å². The first-order chi connectivity index (χ1) is 9.20. The van der Waals surface area contributed by atoms with Crippen molar-refractivity contribution in [1.29, 1.82) is 0 Å². The van der Waals surface area contributed by atoms with E-state index in [9.17, 15) is 18.0 Å². The highest BCUT2D eigenvalue weighted by molar-refractivity contribution is 5.70. The number of carbonyl (C=O) groups is 1. The Kier molecular flexibility index (Phi) is 3.67. The SMILES string of the molecule is CC(CC1Cc2cc(C(F)(F)F)ccc2N1C)C(=O)O. The Labute approximate surface area is 115 Å². The monoisotopic (exact) mass is 287 g/mol. The van der Waals surface area contributed by atoms with Crippen LogP contribution in [0.15, 0.2) is 18.2 Å². The van der Waals surface area contributed by atoms with Gasteiger partial charge in [0.2, 0.25) is 0 Å². The largest absolute Gasteiger partial charge is 0.481 e. The average molecular weight is 287 g/mol. The predicted octanol–water partition coefficient (Wildman–Crippen LogP) is 3.18. The standard InChI is InChI=1S/C14H16F3NO2/c1-8(13(19)20)5-11-7-9-6-10(14(15,16)17)3-4-12(9)18(11)2/h3-4,6,8,11H,5,7H2,1-2H3,(H,19,20). The third-order valence-electron chi connectivity index (χ3n) is 3.84. The fourth-order valence-electron chi connectivity index (χ4n) is 2.61. The molecule has 0 radical (unpaired) electrons. The molecule has 1 aliphatic heterocycles. The second-order valence-corrected chi connectivity index (χ2v) is 5.29. The summed E-state index contributed by atoms with van der Waals surface area (Å²) in [5, 5.41) is 8.93. The van der Waals surface area contributed by atoms with E-state index >= 15 is 0 Å². The third kappa shape index (κ3) is 2.73. The van der Waals surface area contributed by atoms with Crippen molar-refractivity contribution in [2.24, 2.45) is 5.92 Å². The molecule has 2 rings (SSSR count). The maximum Gasteiger partial charge on any atom is 0.416 e. The molecule has 0 amide bonds. The van der Waals surface area contributed by atoms with Crippen molar-refractivity contribution in [2.75, 3.05) is 11.9 Å². The van der Waals surface area contributed by atoms with Crippen LogP contribution in [0.5, 0.6) is 0 Å². The van der Waals surface area contributed by atoms with Gasteiger partial charge in [-0.1, -0.05) is 6.92 Å². The lowest BCUT2D eigenvalue weighted by Crippen LogP contribution is -2.31. The van der Waals surface area contributed by atoms with Gasteiger partial charge in [0.15, 0.2) is 0 Å². The molecule has 0 spiro atoms. The number of hydrogen-bond acceptors (Lipinski definition) is 2. The first-order valence-electron chi connectivity index (χ1n) is 6.36. The Balaban J connectivity index is 2.20. The molecule has 2 unspecified atom stereocenters. The molecule has 1 aromatic carbocycles. The van der Waals surface area contributed by atoms with Gasteiger partial charge in [-0.25, -0.2) is 0 Å². The van der Waals surface area contributed by atoms with Crippen LogP contribution in [0.25, 0.3) is 0 Å². The fourth-order valence-corrected chi connectivity index (χ4v) is 2.61. The first kappa shape index (κ1) is 14.7. The van der Waals surface area contributed by atoms with Crippen molar-refractivity contribution in [3.05, 3.63) is 29.3 Å². The topological polar surface area (TPSA) is 40.5 Å². The molecule has 1 heterocycles. The molecular weight excluding hydrogens is 271 g/mol. The van der Waals surface area contributed by atoms with Gasteiger partial charge in [0.1, 0.15) is 0 Å². The molecule has 2 atom stereocenters. The lowest BCUT2D eigenvalue weighted by Gasteiger charge is -2.24. The van der Waals surface area contributed by atoms with Crippen molar-refractivity contribution in [2.45, 2.75) is 32.0 Å². The Bertz CT molecular complexity index is 528. The van der Waals surface area contributed by atoms with Gasteiger partial charge in [0.25, 0.3) is 0 Å². The zero-order chi connectivity index (χ0) is 15.1. The normalized spacial score (nSPS) is 19.9. The Morgan fingerprint density at radius 2 is 2.15 bits per heavy atom. The number of rotatable bonds is 3. The number of carboxylic acids is 1. The van der Waals surface area contributed by atoms with Gasteiger partial charge in [-0.2, -0.15) is 13.2 Å². The van der Waals surface area contributed by atoms with Crippen molar-refractivity contribution in [3.8, 4) is 0 Å². The number of halogens is 3. The number of nitrogens with zero attached hydrogens (tertiary/aromatic N) is 1. The summed E-state index contributed by atoms with van der Waals surface area (Å²) in [6.45, 7) is 1.61. The molecule has 1 N–H and O–H groups in total. The number of benzene rings is 1. The molecule has 20 heavy (non-hydrogen) atoms. The van der Waals surface area contributed by atoms with Gasteiger partial charge in [0.05, 0.1) is 11.5 Å². The molecule has 0 fully saturated rings. The number of likely N-dealkylation sites (N-methyl/N-ethyl adjacent to an activating group) is 1. The van der Waals surface area contributed by atoms with Crippen LogP contribution >= 0.6 is 0 Å². The van der Waals surface area contributed by atoms with E-state index in [1.165, 1.54) is 6.07 Å². The number of fused-ring (bicyclic) bond motifs is 1. The maximum absolute atomic E-state index is 12.7. The van der Waals surface area contributed by atoms with E-state index in [2.05, 4.69) is 0 Å². The van der Waals surface area contributed by atoms with Gasteiger partial charge in [-0.05, 0) is 36.6 Å². The van der Waals surface area contributed by atoms with Crippen LogP contribution in [-0.4, -0.2) is 24.2 Å². The maximum atomic E-state index is 12.7. The van der Waals surface area contributed by atoms with E-state index in [-0.39, 0.29) is 6.04 Å². The van der Waals surface area contributed by atoms with Crippen LogP contribution in [-0.2, 0) is 17.4 Å². The van der Waals surface area contributed by atoms with E-state index in [1.807, 2.05) is 4.90 Å². The highest BCUT2D eigenvalue weighted by Gasteiger charge is 2.34. The molecule has 0 saturated heterocycles. The summed E-state index contributed by atoms with van der Waals surface area (Å²) in [4.78, 5) is 12.8. The van der Waals surface area contributed by atoms with Gasteiger partial charge >= 0.3 is 12.1 Å². The predicted molar refractivity (Wildman–Crippen MR) is 68.8 cm³/mol. The fraction of sp³-hybridized carbons (Fsp3) is 0.500. The van der Waals surface area contributed by atoms with E-state index in [1.54, 1.807) is 14.0 Å². The van der Waals surface area contributed by atoms with Gasteiger partial charge in [-0.15, -0.1) is 0 Å². The minimum atomic E-state index is -4.35. The van der Waals surface area contributed by atoms with Crippen LogP contribution in [0.4, 0.5) is 18.9 Å².